The molecule has 0 spiro atoms. The summed E-state index contributed by atoms with van der Waals surface area (Å²) in [6.45, 7) is 4.38. The number of para-hydroxylation sites is 2. The molecule has 52 heavy (non-hydrogen) atoms. The molecule has 0 aliphatic rings. The molecule has 0 aromatic heterocycles. The number of benzene rings is 7. The molecular formula is C50H44N2. The third-order valence-electron chi connectivity index (χ3n) is 9.41. The number of hydrogen-bond acceptors (Lipinski definition) is 2. The Labute approximate surface area is 309 Å². The Balaban J connectivity index is 1.01. The lowest BCUT2D eigenvalue weighted by molar-refractivity contribution is 1.14. The molecule has 0 amide bonds. The number of nitrogens with zero attached hydrogens (tertiary/aromatic N) is 2. The molecule has 0 aliphatic carbocycles. The summed E-state index contributed by atoms with van der Waals surface area (Å²) in [7, 11) is 0. The van der Waals surface area contributed by atoms with Crippen molar-refractivity contribution in [2.75, 3.05) is 9.80 Å². The Morgan fingerprint density at radius 1 is 0.288 bits per heavy atom. The second-order valence-corrected chi connectivity index (χ2v) is 12.9. The van der Waals surface area contributed by atoms with Crippen LogP contribution in [0, 0.1) is 0 Å². The van der Waals surface area contributed by atoms with E-state index >= 15 is 0 Å². The van der Waals surface area contributed by atoms with E-state index in [-0.39, 0.29) is 0 Å². The van der Waals surface area contributed by atoms with Crippen LogP contribution in [0.5, 0.6) is 0 Å². The minimum Gasteiger partial charge on any atom is -0.311 e. The molecule has 0 bridgehead atoms. The second kappa shape index (κ2) is 16.6. The first-order valence-corrected chi connectivity index (χ1v) is 18.2. The monoisotopic (exact) mass is 672 g/mol. The third kappa shape index (κ3) is 8.31. The van der Waals surface area contributed by atoms with Gasteiger partial charge in [-0.3, -0.25) is 0 Å². The highest BCUT2D eigenvalue weighted by molar-refractivity contribution is 5.80. The van der Waals surface area contributed by atoms with E-state index in [1.807, 2.05) is 0 Å². The molecule has 7 rings (SSSR count). The zero-order valence-corrected chi connectivity index (χ0v) is 29.9. The molecule has 7 aromatic rings. The maximum Gasteiger partial charge on any atom is 0.0462 e. The van der Waals surface area contributed by atoms with Crippen LogP contribution in [0.4, 0.5) is 34.1 Å². The van der Waals surface area contributed by atoms with Crippen LogP contribution in [0.2, 0.25) is 0 Å². The molecule has 7 aromatic carbocycles. The van der Waals surface area contributed by atoms with E-state index < -0.39 is 0 Å². The van der Waals surface area contributed by atoms with Gasteiger partial charge in [-0.05, 0) is 119 Å². The van der Waals surface area contributed by atoms with Gasteiger partial charge in [0.05, 0.1) is 0 Å². The van der Waals surface area contributed by atoms with Gasteiger partial charge in [0.25, 0.3) is 0 Å². The minimum atomic E-state index is 1.03. The van der Waals surface area contributed by atoms with Crippen molar-refractivity contribution in [2.24, 2.45) is 0 Å². The molecule has 254 valence electrons. The number of rotatable bonds is 12. The Hall–Kier alpha value is -6.38. The summed E-state index contributed by atoms with van der Waals surface area (Å²) in [4.78, 5) is 4.61. The average Bonchev–Trinajstić information content (AvgIpc) is 3.22. The van der Waals surface area contributed by atoms with Gasteiger partial charge in [0.2, 0.25) is 0 Å². The molecule has 0 fully saturated rings. The number of aryl methyl sites for hydroxylation is 2. The summed E-state index contributed by atoms with van der Waals surface area (Å²) < 4.78 is 0. The number of hydrogen-bond donors (Lipinski definition) is 0. The predicted octanol–water partition coefficient (Wildman–Crippen LogP) is 14.1. The normalized spacial score (nSPS) is 11.3. The van der Waals surface area contributed by atoms with Gasteiger partial charge in [-0.25, -0.2) is 0 Å². The summed E-state index contributed by atoms with van der Waals surface area (Å²) in [6, 6.07) is 65.0. The van der Waals surface area contributed by atoms with Crippen LogP contribution >= 0.6 is 0 Å². The van der Waals surface area contributed by atoms with E-state index in [9.17, 15) is 0 Å². The van der Waals surface area contributed by atoms with Crippen LogP contribution in [-0.2, 0) is 12.8 Å². The van der Waals surface area contributed by atoms with E-state index in [1.54, 1.807) is 0 Å². The van der Waals surface area contributed by atoms with Gasteiger partial charge in [0, 0.05) is 34.1 Å². The van der Waals surface area contributed by atoms with Gasteiger partial charge in [-0.15, -0.1) is 0 Å². The molecule has 0 unspecified atom stereocenters. The highest BCUT2D eigenvalue weighted by Gasteiger charge is 2.13. The summed E-state index contributed by atoms with van der Waals surface area (Å²) >= 11 is 0. The van der Waals surface area contributed by atoms with E-state index in [0.29, 0.717) is 0 Å². The zero-order valence-electron chi connectivity index (χ0n) is 29.9. The van der Waals surface area contributed by atoms with Crippen molar-refractivity contribution >= 4 is 58.4 Å². The van der Waals surface area contributed by atoms with Crippen molar-refractivity contribution in [1.29, 1.82) is 0 Å². The van der Waals surface area contributed by atoms with Crippen molar-refractivity contribution in [1.82, 2.24) is 0 Å². The molecule has 0 heterocycles. The van der Waals surface area contributed by atoms with Crippen LogP contribution in [-0.4, -0.2) is 0 Å². The predicted molar refractivity (Wildman–Crippen MR) is 225 cm³/mol. The summed E-state index contributed by atoms with van der Waals surface area (Å²) in [6.07, 6.45) is 10.8. The molecule has 0 atom stereocenters. The van der Waals surface area contributed by atoms with E-state index in [4.69, 9.17) is 0 Å². The summed E-state index contributed by atoms with van der Waals surface area (Å²) in [5.74, 6) is 0. The smallest absolute Gasteiger partial charge is 0.0462 e. The van der Waals surface area contributed by atoms with Crippen LogP contribution in [0.25, 0.3) is 24.3 Å². The first kappa shape index (κ1) is 34.1. The molecule has 2 heteroatoms. The quantitative estimate of drug-likeness (QED) is 0.119. The lowest BCUT2D eigenvalue weighted by Crippen LogP contribution is -2.09. The largest absolute Gasteiger partial charge is 0.311 e. The van der Waals surface area contributed by atoms with Crippen molar-refractivity contribution in [3.63, 3.8) is 0 Å². The van der Waals surface area contributed by atoms with Crippen LogP contribution < -0.4 is 9.80 Å². The van der Waals surface area contributed by atoms with E-state index in [1.165, 1.54) is 22.3 Å². The lowest BCUT2D eigenvalue weighted by Gasteiger charge is -2.25. The van der Waals surface area contributed by atoms with Crippen LogP contribution in [0.1, 0.15) is 47.2 Å². The maximum atomic E-state index is 2.30. The van der Waals surface area contributed by atoms with Gasteiger partial charge < -0.3 is 9.80 Å². The Morgan fingerprint density at radius 3 is 0.788 bits per heavy atom. The van der Waals surface area contributed by atoms with Crippen molar-refractivity contribution in [3.8, 4) is 0 Å². The van der Waals surface area contributed by atoms with Crippen LogP contribution in [0.3, 0.4) is 0 Å². The molecular weight excluding hydrogens is 629 g/mol. The molecule has 0 saturated heterocycles. The SMILES string of the molecule is CCc1ccc(N(c2ccccc2)c2ccc(C=Cc3ccc(C=Cc4ccc(N(c5ccccc5)c5ccc(CC)cc5)cc4)cc3)cc2)cc1. The van der Waals surface area contributed by atoms with Gasteiger partial charge in [-0.2, -0.15) is 0 Å². The molecule has 0 saturated carbocycles. The number of anilines is 6. The molecule has 0 N–H and O–H groups in total. The summed E-state index contributed by atoms with van der Waals surface area (Å²) in [5, 5.41) is 0. The molecule has 2 nitrogen and oxygen atoms in total. The highest BCUT2D eigenvalue weighted by atomic mass is 15.1. The van der Waals surface area contributed by atoms with Gasteiger partial charge in [-0.1, -0.05) is 147 Å². The fourth-order valence-corrected chi connectivity index (χ4v) is 6.38. The Morgan fingerprint density at radius 2 is 0.519 bits per heavy atom. The highest BCUT2D eigenvalue weighted by Crippen LogP contribution is 2.36. The van der Waals surface area contributed by atoms with Gasteiger partial charge in [0.1, 0.15) is 0 Å². The average molecular weight is 673 g/mol. The standard InChI is InChI=1S/C50H44N2/c1-3-39-23-31-47(32-24-39)51(45-11-7-5-8-12-45)49-35-27-43(28-36-49)21-19-41-15-17-42(18-16-41)20-22-44-29-37-50(38-30-44)52(46-13-9-6-10-14-46)48-33-25-40(4-2)26-34-48/h5-38H,3-4H2,1-2H3. The van der Waals surface area contributed by atoms with E-state index in [0.717, 1.165) is 58.1 Å². The van der Waals surface area contributed by atoms with Crippen molar-refractivity contribution < 1.29 is 0 Å². The van der Waals surface area contributed by atoms with Crippen molar-refractivity contribution in [2.45, 2.75) is 26.7 Å². The second-order valence-electron chi connectivity index (χ2n) is 12.9. The fourth-order valence-electron chi connectivity index (χ4n) is 6.38. The van der Waals surface area contributed by atoms with E-state index in [2.05, 4.69) is 230 Å². The van der Waals surface area contributed by atoms with Crippen molar-refractivity contribution in [3.05, 3.63) is 215 Å². The first-order chi connectivity index (χ1) is 25.7. The topological polar surface area (TPSA) is 6.48 Å². The Bertz CT molecular complexity index is 2030. The maximum absolute atomic E-state index is 2.30. The Kier molecular flexibility index (Phi) is 10.8. The summed E-state index contributed by atoms with van der Waals surface area (Å²) in [5.41, 5.74) is 14.2. The van der Waals surface area contributed by atoms with Gasteiger partial charge >= 0.3 is 0 Å². The third-order valence-corrected chi connectivity index (χ3v) is 9.41. The minimum absolute atomic E-state index is 1.03. The lowest BCUT2D eigenvalue weighted by atomic mass is 10.1. The zero-order chi connectivity index (χ0) is 35.5. The molecule has 0 radical (unpaired) electrons. The molecule has 0 aliphatic heterocycles. The fraction of sp³-hybridized carbons (Fsp3) is 0.0800. The first-order valence-electron chi connectivity index (χ1n) is 18.2. The van der Waals surface area contributed by atoms with Gasteiger partial charge in [0.15, 0.2) is 0 Å². The van der Waals surface area contributed by atoms with Crippen LogP contribution in [0.15, 0.2) is 182 Å².